The zero-order valence-electron chi connectivity index (χ0n) is 22.9. The van der Waals surface area contributed by atoms with E-state index in [0.29, 0.717) is 0 Å². The van der Waals surface area contributed by atoms with Crippen molar-refractivity contribution in [3.8, 4) is 0 Å². The van der Waals surface area contributed by atoms with Crippen molar-refractivity contribution in [1.82, 2.24) is 0 Å². The van der Waals surface area contributed by atoms with E-state index in [1.807, 2.05) is 0 Å². The molecule has 0 aromatic heterocycles. The van der Waals surface area contributed by atoms with E-state index in [0.717, 1.165) is 12.1 Å². The summed E-state index contributed by atoms with van der Waals surface area (Å²) in [4.78, 5) is 0. The number of piperazine rings is 1. The summed E-state index contributed by atoms with van der Waals surface area (Å²) in [5.41, 5.74) is 0. The summed E-state index contributed by atoms with van der Waals surface area (Å²) in [7, 11) is 5.12. The Morgan fingerprint density at radius 3 is 1.00 bits per heavy atom. The molecule has 2 nitrogen and oxygen atoms in total. The van der Waals surface area contributed by atoms with E-state index in [1.165, 1.54) is 138 Å². The van der Waals surface area contributed by atoms with Gasteiger partial charge in [0.1, 0.15) is 25.2 Å². The highest BCUT2D eigenvalue weighted by atomic mass is 127. The number of hydrogen-bond donors (Lipinski definition) is 0. The minimum absolute atomic E-state index is 0. The molecule has 1 heterocycles. The first-order chi connectivity index (χ1) is 14.4. The third-order valence-electron chi connectivity index (χ3n) is 8.54. The zero-order chi connectivity index (χ0) is 22.3. The van der Waals surface area contributed by atoms with Crippen molar-refractivity contribution in [2.75, 3.05) is 40.3 Å². The van der Waals surface area contributed by atoms with E-state index >= 15 is 0 Å². The molecule has 4 heteroatoms. The van der Waals surface area contributed by atoms with Gasteiger partial charge in [0.15, 0.2) is 0 Å². The van der Waals surface area contributed by atoms with Crippen molar-refractivity contribution in [3.63, 3.8) is 0 Å². The number of unbranched alkanes of at least 4 members (excludes halogenated alkanes) is 14. The van der Waals surface area contributed by atoms with Crippen LogP contribution in [0, 0.1) is 0 Å². The Hall–Kier alpha value is 1.38. The lowest BCUT2D eigenvalue weighted by Gasteiger charge is -2.54. The monoisotopic (exact) mass is 678 g/mol. The maximum Gasteiger partial charge on any atom is 0.136 e. The highest BCUT2D eigenvalue weighted by Crippen LogP contribution is 2.28. The van der Waals surface area contributed by atoms with Crippen LogP contribution in [0.5, 0.6) is 0 Å². The van der Waals surface area contributed by atoms with Gasteiger partial charge < -0.3 is 56.9 Å². The molecule has 0 N–H and O–H groups in total. The Morgan fingerprint density at radius 1 is 0.469 bits per heavy atom. The van der Waals surface area contributed by atoms with E-state index in [1.54, 1.807) is 0 Å². The SMILES string of the molecule is CCCCCCCCCC[N+]1(C)CC(C)[N+](C)(CCCCCCCCCC)CC1C.[I-].[I-]. The molecule has 1 aliphatic rings. The lowest BCUT2D eigenvalue weighted by molar-refractivity contribution is -1.05. The van der Waals surface area contributed by atoms with Crippen LogP contribution in [-0.2, 0) is 0 Å². The number of likely N-dealkylation sites (N-methyl/N-ethyl adjacent to an activating group) is 2. The molecule has 1 rings (SSSR count). The highest BCUT2D eigenvalue weighted by Gasteiger charge is 2.46. The van der Waals surface area contributed by atoms with Crippen LogP contribution in [0.1, 0.15) is 130 Å². The Balaban J connectivity index is 0. The van der Waals surface area contributed by atoms with Crippen molar-refractivity contribution in [2.24, 2.45) is 0 Å². The van der Waals surface area contributed by atoms with Crippen LogP contribution in [0.3, 0.4) is 0 Å². The summed E-state index contributed by atoms with van der Waals surface area (Å²) in [6.07, 6.45) is 23.0. The summed E-state index contributed by atoms with van der Waals surface area (Å²) >= 11 is 0. The van der Waals surface area contributed by atoms with Gasteiger partial charge in [-0.2, -0.15) is 0 Å². The molecular formula is C28H60I2N2. The molecule has 0 aliphatic carbocycles. The molecule has 4 unspecified atom stereocenters. The average molecular weight is 679 g/mol. The molecule has 0 aromatic rings. The standard InChI is InChI=1S/C28H60N2.2HI/c1-7-9-11-13-15-17-19-21-23-29(5)25-28(4)30(6,26-27(29)3)24-22-20-18-16-14-12-10-8-2;;/h27-28H,7-26H2,1-6H3;2*1H/q+2;;/p-2. The average Bonchev–Trinajstić information content (AvgIpc) is 2.71. The van der Waals surface area contributed by atoms with Crippen LogP contribution in [0.15, 0.2) is 0 Å². The lowest BCUT2D eigenvalue weighted by atomic mass is 9.99. The fourth-order valence-electron chi connectivity index (χ4n) is 5.80. The summed E-state index contributed by atoms with van der Waals surface area (Å²) in [5, 5.41) is 0. The van der Waals surface area contributed by atoms with Crippen LogP contribution in [0.4, 0.5) is 0 Å². The Morgan fingerprint density at radius 2 is 0.719 bits per heavy atom. The van der Waals surface area contributed by atoms with E-state index in [9.17, 15) is 0 Å². The first-order valence-electron chi connectivity index (χ1n) is 14.1. The van der Waals surface area contributed by atoms with E-state index in [-0.39, 0.29) is 48.0 Å². The molecule has 1 saturated heterocycles. The molecule has 0 saturated carbocycles. The Kier molecular flexibility index (Phi) is 22.8. The van der Waals surface area contributed by atoms with Crippen molar-refractivity contribution in [3.05, 3.63) is 0 Å². The van der Waals surface area contributed by atoms with Crippen LogP contribution < -0.4 is 48.0 Å². The van der Waals surface area contributed by atoms with E-state index in [2.05, 4.69) is 41.8 Å². The summed E-state index contributed by atoms with van der Waals surface area (Å²) in [6.45, 7) is 15.3. The molecule has 0 radical (unpaired) electrons. The molecule has 196 valence electrons. The third kappa shape index (κ3) is 14.1. The van der Waals surface area contributed by atoms with Gasteiger partial charge in [0.25, 0.3) is 0 Å². The number of nitrogens with zero attached hydrogens (tertiary/aromatic N) is 2. The molecular weight excluding hydrogens is 618 g/mol. The van der Waals surface area contributed by atoms with Crippen molar-refractivity contribution >= 4 is 0 Å². The second-order valence-corrected chi connectivity index (χ2v) is 11.4. The second kappa shape index (κ2) is 20.6. The van der Waals surface area contributed by atoms with Crippen molar-refractivity contribution in [1.29, 1.82) is 0 Å². The van der Waals surface area contributed by atoms with Crippen LogP contribution in [-0.4, -0.2) is 61.3 Å². The molecule has 0 spiro atoms. The quantitative estimate of drug-likeness (QED) is 0.118. The van der Waals surface area contributed by atoms with Gasteiger partial charge in [0.05, 0.1) is 27.2 Å². The second-order valence-electron chi connectivity index (χ2n) is 11.4. The fraction of sp³-hybridized carbons (Fsp3) is 1.00. The highest BCUT2D eigenvalue weighted by molar-refractivity contribution is 4.66. The van der Waals surface area contributed by atoms with Gasteiger partial charge in [-0.25, -0.2) is 0 Å². The van der Waals surface area contributed by atoms with Gasteiger partial charge in [-0.15, -0.1) is 0 Å². The number of halogens is 2. The molecule has 32 heavy (non-hydrogen) atoms. The molecule has 0 aromatic carbocycles. The number of quaternary nitrogens is 2. The summed E-state index contributed by atoms with van der Waals surface area (Å²) in [6, 6.07) is 1.62. The summed E-state index contributed by atoms with van der Waals surface area (Å²) in [5.74, 6) is 0. The molecule has 1 aliphatic heterocycles. The van der Waals surface area contributed by atoms with Crippen LogP contribution in [0.25, 0.3) is 0 Å². The summed E-state index contributed by atoms with van der Waals surface area (Å²) < 4.78 is 2.64. The van der Waals surface area contributed by atoms with Crippen molar-refractivity contribution < 1.29 is 56.9 Å². The fourth-order valence-corrected chi connectivity index (χ4v) is 5.80. The smallest absolute Gasteiger partial charge is 0.136 e. The number of rotatable bonds is 18. The minimum atomic E-state index is 0. The third-order valence-corrected chi connectivity index (χ3v) is 8.54. The predicted molar refractivity (Wildman–Crippen MR) is 136 cm³/mol. The molecule has 0 bridgehead atoms. The first-order valence-corrected chi connectivity index (χ1v) is 14.1. The Labute approximate surface area is 238 Å². The number of hydrogen-bond acceptors (Lipinski definition) is 0. The topological polar surface area (TPSA) is 0 Å². The van der Waals surface area contributed by atoms with Gasteiger partial charge >= 0.3 is 0 Å². The largest absolute Gasteiger partial charge is 1.00 e. The Bertz CT molecular complexity index is 382. The predicted octanol–water partition coefficient (Wildman–Crippen LogP) is 1.96. The maximum atomic E-state index is 2.56. The van der Waals surface area contributed by atoms with Gasteiger partial charge in [-0.3, -0.25) is 0 Å². The minimum Gasteiger partial charge on any atom is -1.00 e. The van der Waals surface area contributed by atoms with Gasteiger partial charge in [-0.1, -0.05) is 90.9 Å². The normalized spacial score (nSPS) is 27.6. The maximum absolute atomic E-state index is 2.56. The van der Waals surface area contributed by atoms with Crippen LogP contribution in [0.2, 0.25) is 0 Å². The zero-order valence-corrected chi connectivity index (χ0v) is 27.3. The molecule has 1 fully saturated rings. The lowest BCUT2D eigenvalue weighted by Crippen LogP contribution is -3.00. The van der Waals surface area contributed by atoms with Gasteiger partial charge in [0.2, 0.25) is 0 Å². The van der Waals surface area contributed by atoms with Crippen molar-refractivity contribution in [2.45, 2.75) is 143 Å². The molecule has 0 amide bonds. The molecule has 4 atom stereocenters. The van der Waals surface area contributed by atoms with Gasteiger partial charge in [-0.05, 0) is 39.5 Å². The van der Waals surface area contributed by atoms with Gasteiger partial charge in [0, 0.05) is 0 Å². The van der Waals surface area contributed by atoms with E-state index < -0.39 is 0 Å². The first kappa shape index (κ1) is 35.5. The van der Waals surface area contributed by atoms with Crippen LogP contribution >= 0.6 is 0 Å². The van der Waals surface area contributed by atoms with E-state index in [4.69, 9.17) is 0 Å².